The minimum atomic E-state index is -0.340. The molecule has 0 aliphatic heterocycles. The topological polar surface area (TPSA) is 93.3 Å². The molecule has 0 atom stereocenters. The number of hydrogen-bond acceptors (Lipinski definition) is 4. The summed E-state index contributed by atoms with van der Waals surface area (Å²) in [5.74, 6) is 0. The molecule has 0 saturated heterocycles. The van der Waals surface area contributed by atoms with Crippen LogP contribution in [-0.4, -0.2) is 9.97 Å². The molecule has 0 spiro atoms. The lowest BCUT2D eigenvalue weighted by Crippen LogP contribution is -2.10. The van der Waals surface area contributed by atoms with E-state index >= 15 is 0 Å². The van der Waals surface area contributed by atoms with Gasteiger partial charge in [0.2, 0.25) is 5.43 Å². The predicted octanol–water partition coefficient (Wildman–Crippen LogP) is 4.00. The number of hydrogen-bond donors (Lipinski definition) is 1. The number of nitriles is 2. The van der Waals surface area contributed by atoms with Crippen molar-refractivity contribution in [2.45, 2.75) is 0 Å². The second-order valence-electron chi connectivity index (χ2n) is 5.97. The third-order valence-corrected chi connectivity index (χ3v) is 4.45. The zero-order chi connectivity index (χ0) is 18.8. The number of benzene rings is 2. The van der Waals surface area contributed by atoms with Gasteiger partial charge in [0.15, 0.2) is 0 Å². The van der Waals surface area contributed by atoms with Gasteiger partial charge >= 0.3 is 0 Å². The van der Waals surface area contributed by atoms with Crippen LogP contribution in [0.1, 0.15) is 11.1 Å². The van der Waals surface area contributed by atoms with Crippen LogP contribution in [0.25, 0.3) is 33.3 Å². The molecule has 1 N–H and O–H groups in total. The molecule has 0 bridgehead atoms. The zero-order valence-corrected chi connectivity index (χ0v) is 14.1. The summed E-state index contributed by atoms with van der Waals surface area (Å²) in [6.07, 6.45) is 3.05. The van der Waals surface area contributed by atoms with E-state index in [0.29, 0.717) is 22.2 Å². The third kappa shape index (κ3) is 2.74. The van der Waals surface area contributed by atoms with Gasteiger partial charge in [0.05, 0.1) is 28.2 Å². The molecule has 27 heavy (non-hydrogen) atoms. The molecule has 4 rings (SSSR count). The Hall–Kier alpha value is -4.22. The summed E-state index contributed by atoms with van der Waals surface area (Å²) in [6, 6.07) is 20.7. The van der Waals surface area contributed by atoms with E-state index in [2.05, 4.69) is 16.0 Å². The lowest BCUT2D eigenvalue weighted by molar-refractivity contribution is 1.29. The first-order valence-corrected chi connectivity index (χ1v) is 8.23. The molecular formula is C22H12N4O. The van der Waals surface area contributed by atoms with E-state index in [-0.39, 0.29) is 11.0 Å². The summed E-state index contributed by atoms with van der Waals surface area (Å²) >= 11 is 0. The lowest BCUT2D eigenvalue weighted by Gasteiger charge is -2.09. The Morgan fingerprint density at radius 2 is 1.63 bits per heavy atom. The van der Waals surface area contributed by atoms with Crippen LogP contribution in [0.4, 0.5) is 0 Å². The molecule has 0 fully saturated rings. The van der Waals surface area contributed by atoms with Gasteiger partial charge in [-0.2, -0.15) is 10.5 Å². The molecule has 2 heterocycles. The first-order valence-electron chi connectivity index (χ1n) is 8.23. The van der Waals surface area contributed by atoms with Gasteiger partial charge in [-0.1, -0.05) is 42.5 Å². The number of aromatic amines is 1. The lowest BCUT2D eigenvalue weighted by atomic mass is 9.97. The summed E-state index contributed by atoms with van der Waals surface area (Å²) in [5.41, 5.74) is 3.86. The number of rotatable bonds is 2. The van der Waals surface area contributed by atoms with Crippen molar-refractivity contribution < 1.29 is 0 Å². The van der Waals surface area contributed by atoms with Crippen molar-refractivity contribution in [3.63, 3.8) is 0 Å². The number of fused-ring (bicyclic) bond motifs is 1. The van der Waals surface area contributed by atoms with Gasteiger partial charge in [0.1, 0.15) is 11.6 Å². The summed E-state index contributed by atoms with van der Waals surface area (Å²) in [5, 5.41) is 19.2. The molecular weight excluding hydrogens is 336 g/mol. The van der Waals surface area contributed by atoms with Crippen LogP contribution in [0.2, 0.25) is 0 Å². The predicted molar refractivity (Wildman–Crippen MR) is 103 cm³/mol. The second-order valence-corrected chi connectivity index (χ2v) is 5.97. The van der Waals surface area contributed by atoms with E-state index in [1.165, 1.54) is 6.20 Å². The van der Waals surface area contributed by atoms with Crippen LogP contribution in [0.3, 0.4) is 0 Å². The van der Waals surface area contributed by atoms with Crippen molar-refractivity contribution >= 4 is 10.9 Å². The van der Waals surface area contributed by atoms with Gasteiger partial charge in [-0.3, -0.25) is 9.78 Å². The normalized spacial score (nSPS) is 10.3. The number of aromatic nitrogens is 2. The highest BCUT2D eigenvalue weighted by Crippen LogP contribution is 2.27. The van der Waals surface area contributed by atoms with Crippen LogP contribution in [0.15, 0.2) is 71.8 Å². The molecule has 5 nitrogen and oxygen atoms in total. The quantitative estimate of drug-likeness (QED) is 0.592. The second kappa shape index (κ2) is 6.59. The maximum atomic E-state index is 12.6. The molecule has 0 unspecified atom stereocenters. The van der Waals surface area contributed by atoms with E-state index in [1.807, 2.05) is 48.5 Å². The first-order chi connectivity index (χ1) is 13.2. The first kappa shape index (κ1) is 16.3. The number of pyridine rings is 2. The fraction of sp³-hybridized carbons (Fsp3) is 0. The van der Waals surface area contributed by atoms with Crippen molar-refractivity contribution in [3.05, 3.63) is 88.3 Å². The molecule has 5 heteroatoms. The summed E-state index contributed by atoms with van der Waals surface area (Å²) < 4.78 is 0. The molecule has 0 aliphatic carbocycles. The van der Waals surface area contributed by atoms with Crippen molar-refractivity contribution in [3.8, 4) is 34.5 Å². The highest BCUT2D eigenvalue weighted by Gasteiger charge is 2.14. The van der Waals surface area contributed by atoms with E-state index in [9.17, 15) is 15.3 Å². The van der Waals surface area contributed by atoms with Crippen LogP contribution in [-0.2, 0) is 0 Å². The summed E-state index contributed by atoms with van der Waals surface area (Å²) in [4.78, 5) is 19.7. The van der Waals surface area contributed by atoms with Crippen LogP contribution < -0.4 is 5.43 Å². The average molecular weight is 348 g/mol. The van der Waals surface area contributed by atoms with E-state index in [0.717, 1.165) is 16.7 Å². The Morgan fingerprint density at radius 1 is 0.889 bits per heavy atom. The summed E-state index contributed by atoms with van der Waals surface area (Å²) in [6.45, 7) is 0. The van der Waals surface area contributed by atoms with E-state index in [1.54, 1.807) is 18.3 Å². The Balaban J connectivity index is 1.87. The maximum Gasteiger partial charge on any atom is 0.209 e. The Morgan fingerprint density at radius 3 is 2.37 bits per heavy atom. The molecule has 0 radical (unpaired) electrons. The molecule has 2 aromatic carbocycles. The van der Waals surface area contributed by atoms with Crippen molar-refractivity contribution in [2.24, 2.45) is 0 Å². The minimum Gasteiger partial charge on any atom is -0.353 e. The van der Waals surface area contributed by atoms with Crippen LogP contribution >= 0.6 is 0 Å². The van der Waals surface area contributed by atoms with Gasteiger partial charge in [0, 0.05) is 12.4 Å². The third-order valence-electron chi connectivity index (χ3n) is 4.45. The molecule has 0 amide bonds. The molecule has 0 saturated carbocycles. The molecule has 126 valence electrons. The SMILES string of the molecule is N#Cc1ccccc1-c1ccc(-c2[nH]c3ccncc3c(=O)c2C#N)cc1. The Labute approximate surface area is 154 Å². The number of H-pyrrole nitrogens is 1. The highest BCUT2D eigenvalue weighted by molar-refractivity contribution is 5.84. The molecule has 0 aliphatic rings. The smallest absolute Gasteiger partial charge is 0.209 e. The average Bonchev–Trinajstić information content (AvgIpc) is 2.74. The Kier molecular flexibility index (Phi) is 3.97. The van der Waals surface area contributed by atoms with Crippen molar-refractivity contribution in [2.75, 3.05) is 0 Å². The van der Waals surface area contributed by atoms with Crippen molar-refractivity contribution in [1.82, 2.24) is 9.97 Å². The zero-order valence-electron chi connectivity index (χ0n) is 14.1. The summed E-state index contributed by atoms with van der Waals surface area (Å²) in [7, 11) is 0. The van der Waals surface area contributed by atoms with Gasteiger partial charge in [-0.05, 0) is 28.8 Å². The highest BCUT2D eigenvalue weighted by atomic mass is 16.1. The standard InChI is InChI=1S/C22H12N4O/c23-11-16-3-1-2-4-17(16)14-5-7-15(8-6-14)21-18(12-24)22(27)19-13-25-10-9-20(19)26-21/h1-10,13H,(H,26,27). The van der Waals surface area contributed by atoms with E-state index in [4.69, 9.17) is 0 Å². The Bertz CT molecular complexity index is 1310. The van der Waals surface area contributed by atoms with Gasteiger partial charge in [-0.15, -0.1) is 0 Å². The van der Waals surface area contributed by atoms with Crippen molar-refractivity contribution in [1.29, 1.82) is 10.5 Å². The number of nitrogens with zero attached hydrogens (tertiary/aromatic N) is 3. The van der Waals surface area contributed by atoms with Gasteiger partial charge in [-0.25, -0.2) is 0 Å². The largest absolute Gasteiger partial charge is 0.353 e. The minimum absolute atomic E-state index is 0.0562. The fourth-order valence-electron chi connectivity index (χ4n) is 3.10. The number of nitrogens with one attached hydrogen (secondary N) is 1. The van der Waals surface area contributed by atoms with Gasteiger partial charge in [0.25, 0.3) is 0 Å². The van der Waals surface area contributed by atoms with E-state index < -0.39 is 0 Å². The monoisotopic (exact) mass is 348 g/mol. The van der Waals surface area contributed by atoms with Crippen LogP contribution in [0, 0.1) is 22.7 Å². The fourth-order valence-corrected chi connectivity index (χ4v) is 3.10. The van der Waals surface area contributed by atoms with Gasteiger partial charge < -0.3 is 4.98 Å². The van der Waals surface area contributed by atoms with Crippen LogP contribution in [0.5, 0.6) is 0 Å². The molecule has 4 aromatic rings. The molecule has 2 aromatic heterocycles. The maximum absolute atomic E-state index is 12.6.